The van der Waals surface area contributed by atoms with Crippen LogP contribution in [0.2, 0.25) is 0 Å². The van der Waals surface area contributed by atoms with Crippen LogP contribution in [-0.4, -0.2) is 0 Å². The van der Waals surface area contributed by atoms with Crippen molar-refractivity contribution in [2.75, 3.05) is 0 Å². The maximum Gasteiger partial charge on any atom is 0.00246 e. The monoisotopic (exact) mass is 242 g/mol. The Bertz CT molecular complexity index is 447. The lowest BCUT2D eigenvalue weighted by Gasteiger charge is -2.06. The second kappa shape index (κ2) is 5.69. The summed E-state index contributed by atoms with van der Waals surface area (Å²) in [5.41, 5.74) is 3.63. The minimum Gasteiger partial charge on any atom is -0.0622 e. The molecule has 0 bridgehead atoms. The standard InChI is InChI=1S/C14H11PS/c16-15-11-14(12-7-3-1-4-8-12)13-9-5-2-6-10-13/h1-11H. The highest BCUT2D eigenvalue weighted by molar-refractivity contribution is 7.97. The Kier molecular flexibility index (Phi) is 3.98. The van der Waals surface area contributed by atoms with Gasteiger partial charge in [0, 0.05) is 7.36 Å². The summed E-state index contributed by atoms with van der Waals surface area (Å²) in [5, 5.41) is 0. The van der Waals surface area contributed by atoms with Crippen LogP contribution in [0.25, 0.3) is 5.57 Å². The third kappa shape index (κ3) is 2.63. The van der Waals surface area contributed by atoms with Crippen molar-refractivity contribution in [3.63, 3.8) is 0 Å². The molecule has 0 fully saturated rings. The van der Waals surface area contributed by atoms with E-state index in [0.29, 0.717) is 0 Å². The SMILES string of the molecule is S=PC=C(c1ccccc1)c1ccccc1. The van der Waals surface area contributed by atoms with E-state index in [1.165, 1.54) is 16.7 Å². The molecule has 2 aromatic rings. The van der Waals surface area contributed by atoms with Crippen molar-refractivity contribution in [1.82, 2.24) is 0 Å². The van der Waals surface area contributed by atoms with Gasteiger partial charge in [0.15, 0.2) is 0 Å². The molecule has 0 nitrogen and oxygen atoms in total. The number of benzene rings is 2. The molecule has 2 aromatic carbocycles. The fourth-order valence-electron chi connectivity index (χ4n) is 1.60. The van der Waals surface area contributed by atoms with E-state index < -0.39 is 0 Å². The number of hydrogen-bond acceptors (Lipinski definition) is 1. The molecule has 0 amide bonds. The van der Waals surface area contributed by atoms with E-state index >= 15 is 0 Å². The van der Waals surface area contributed by atoms with Gasteiger partial charge in [-0.25, -0.2) is 0 Å². The van der Waals surface area contributed by atoms with Crippen LogP contribution in [0.4, 0.5) is 0 Å². The summed E-state index contributed by atoms with van der Waals surface area (Å²) in [4.78, 5) is 0. The molecule has 0 atom stereocenters. The van der Waals surface area contributed by atoms with Crippen molar-refractivity contribution < 1.29 is 0 Å². The fraction of sp³-hybridized carbons (Fsp3) is 0. The predicted molar refractivity (Wildman–Crippen MR) is 74.2 cm³/mol. The molecule has 0 saturated carbocycles. The van der Waals surface area contributed by atoms with Crippen molar-refractivity contribution in [1.29, 1.82) is 0 Å². The minimum absolute atomic E-state index is 0.866. The lowest BCUT2D eigenvalue weighted by molar-refractivity contribution is 1.55. The number of hydrogen-bond donors (Lipinski definition) is 0. The highest BCUT2D eigenvalue weighted by atomic mass is 32.4. The van der Waals surface area contributed by atoms with Gasteiger partial charge in [0.25, 0.3) is 0 Å². The maximum absolute atomic E-state index is 5.02. The van der Waals surface area contributed by atoms with Gasteiger partial charge in [0.1, 0.15) is 0 Å². The summed E-state index contributed by atoms with van der Waals surface area (Å²) in [6, 6.07) is 20.7. The summed E-state index contributed by atoms with van der Waals surface area (Å²) < 4.78 is 0. The lowest BCUT2D eigenvalue weighted by Crippen LogP contribution is -1.85. The normalized spacial score (nSPS) is 10.0. The smallest absolute Gasteiger partial charge is 0.00246 e. The number of rotatable bonds is 3. The van der Waals surface area contributed by atoms with E-state index in [1.54, 1.807) is 0 Å². The first kappa shape index (κ1) is 11.2. The first-order chi connectivity index (χ1) is 7.92. The van der Waals surface area contributed by atoms with E-state index in [4.69, 9.17) is 11.8 Å². The van der Waals surface area contributed by atoms with Gasteiger partial charge in [-0.1, -0.05) is 72.5 Å². The molecule has 0 aliphatic heterocycles. The Hall–Kier alpha value is -1.30. The van der Waals surface area contributed by atoms with Crippen LogP contribution in [0.1, 0.15) is 11.1 Å². The predicted octanol–water partition coefficient (Wildman–Crippen LogP) is 4.48. The van der Waals surface area contributed by atoms with E-state index in [9.17, 15) is 0 Å². The molecular formula is C14H11PS. The second-order valence-corrected chi connectivity index (χ2v) is 4.48. The second-order valence-electron chi connectivity index (χ2n) is 3.38. The zero-order chi connectivity index (χ0) is 11.2. The van der Waals surface area contributed by atoms with Crippen molar-refractivity contribution in [3.05, 3.63) is 77.6 Å². The van der Waals surface area contributed by atoms with Crippen LogP contribution in [0.15, 0.2) is 66.5 Å². The third-order valence-corrected chi connectivity index (χ3v) is 3.03. The molecule has 0 saturated heterocycles. The van der Waals surface area contributed by atoms with E-state index in [1.807, 2.05) is 36.4 Å². The molecule has 0 aliphatic rings. The van der Waals surface area contributed by atoms with Crippen LogP contribution in [0.3, 0.4) is 0 Å². The zero-order valence-electron chi connectivity index (χ0n) is 8.71. The summed E-state index contributed by atoms with van der Waals surface area (Å²) in [5.74, 6) is 2.07. The first-order valence-corrected chi connectivity index (χ1v) is 7.03. The van der Waals surface area contributed by atoms with E-state index in [0.717, 1.165) is 7.36 Å². The van der Waals surface area contributed by atoms with E-state index in [-0.39, 0.29) is 0 Å². The van der Waals surface area contributed by atoms with E-state index in [2.05, 4.69) is 30.1 Å². The first-order valence-electron chi connectivity index (χ1n) is 5.05. The molecule has 0 radical (unpaired) electrons. The molecule has 78 valence electrons. The van der Waals surface area contributed by atoms with Crippen LogP contribution in [0, 0.1) is 0 Å². The zero-order valence-corrected chi connectivity index (χ0v) is 10.4. The van der Waals surface area contributed by atoms with Gasteiger partial charge in [-0.2, -0.15) is 0 Å². The summed E-state index contributed by atoms with van der Waals surface area (Å²) in [6.07, 6.45) is 0. The van der Waals surface area contributed by atoms with Crippen molar-refractivity contribution in [3.8, 4) is 0 Å². The summed E-state index contributed by atoms with van der Waals surface area (Å²) in [7, 11) is 0.866. The van der Waals surface area contributed by atoms with Crippen LogP contribution >= 0.6 is 7.36 Å². The molecule has 0 unspecified atom stereocenters. The lowest BCUT2D eigenvalue weighted by atomic mass is 10.00. The van der Waals surface area contributed by atoms with Gasteiger partial charge in [-0.05, 0) is 22.5 Å². The van der Waals surface area contributed by atoms with Crippen molar-refractivity contribution in [2.24, 2.45) is 0 Å². The fourth-order valence-corrected chi connectivity index (χ4v) is 2.32. The Morgan fingerprint density at radius 3 is 1.62 bits per heavy atom. The molecule has 2 heteroatoms. The van der Waals surface area contributed by atoms with Crippen LogP contribution < -0.4 is 0 Å². The quantitative estimate of drug-likeness (QED) is 0.715. The largest absolute Gasteiger partial charge is 0.0622 e. The molecule has 0 aliphatic carbocycles. The molecule has 0 N–H and O–H groups in total. The Morgan fingerprint density at radius 1 is 0.812 bits per heavy atom. The van der Waals surface area contributed by atoms with Crippen molar-refractivity contribution >= 4 is 24.7 Å². The van der Waals surface area contributed by atoms with Gasteiger partial charge in [-0.3, -0.25) is 0 Å². The van der Waals surface area contributed by atoms with Gasteiger partial charge < -0.3 is 0 Å². The molecular weight excluding hydrogens is 231 g/mol. The average Bonchev–Trinajstić information content (AvgIpc) is 2.38. The van der Waals surface area contributed by atoms with Gasteiger partial charge in [0.05, 0.1) is 0 Å². The minimum atomic E-state index is 0.866. The maximum atomic E-state index is 5.02. The molecule has 0 spiro atoms. The molecule has 2 rings (SSSR count). The van der Waals surface area contributed by atoms with Crippen molar-refractivity contribution in [2.45, 2.75) is 0 Å². The molecule has 0 heterocycles. The van der Waals surface area contributed by atoms with Crippen LogP contribution in [0.5, 0.6) is 0 Å². The topological polar surface area (TPSA) is 0 Å². The Morgan fingerprint density at radius 2 is 1.25 bits per heavy atom. The summed E-state index contributed by atoms with van der Waals surface area (Å²) in [6.45, 7) is 0. The van der Waals surface area contributed by atoms with Crippen LogP contribution in [-0.2, 0) is 11.8 Å². The average molecular weight is 242 g/mol. The highest BCUT2D eigenvalue weighted by Gasteiger charge is 2.02. The highest BCUT2D eigenvalue weighted by Crippen LogP contribution is 2.25. The summed E-state index contributed by atoms with van der Waals surface area (Å²) >= 11 is 5.02. The third-order valence-electron chi connectivity index (χ3n) is 2.35. The Balaban J connectivity index is 2.48. The van der Waals surface area contributed by atoms with Gasteiger partial charge in [-0.15, -0.1) is 0 Å². The molecule has 16 heavy (non-hydrogen) atoms. The Labute approximate surface area is 102 Å². The molecule has 0 aromatic heterocycles. The van der Waals surface area contributed by atoms with Gasteiger partial charge in [0.2, 0.25) is 0 Å². The van der Waals surface area contributed by atoms with Gasteiger partial charge >= 0.3 is 0 Å².